The third-order valence-electron chi connectivity index (χ3n) is 4.63. The van der Waals surface area contributed by atoms with Gasteiger partial charge in [-0.3, -0.25) is 4.98 Å². The van der Waals surface area contributed by atoms with Gasteiger partial charge in [-0.15, -0.1) is 0 Å². The highest BCUT2D eigenvalue weighted by atomic mass is 19.1. The van der Waals surface area contributed by atoms with Crippen LogP contribution in [0.25, 0.3) is 33.4 Å². The quantitative estimate of drug-likeness (QED) is 0.539. The summed E-state index contributed by atoms with van der Waals surface area (Å²) in [7, 11) is 4.85. The summed E-state index contributed by atoms with van der Waals surface area (Å²) in [5.41, 5.74) is 2.51. The molecule has 0 atom stereocenters. The van der Waals surface area contributed by atoms with Crippen molar-refractivity contribution >= 4 is 16.7 Å². The number of nitrogens with zero attached hydrogens (tertiary/aromatic N) is 3. The summed E-state index contributed by atoms with van der Waals surface area (Å²) in [6.45, 7) is 0. The Labute approximate surface area is 167 Å². The van der Waals surface area contributed by atoms with E-state index in [-0.39, 0.29) is 5.82 Å². The molecule has 1 N–H and O–H groups in total. The minimum atomic E-state index is -0.385. The van der Waals surface area contributed by atoms with E-state index in [4.69, 9.17) is 9.47 Å². The van der Waals surface area contributed by atoms with E-state index >= 15 is 0 Å². The smallest absolute Gasteiger partial charge is 0.163 e. The first kappa shape index (κ1) is 18.6. The third kappa shape index (κ3) is 3.42. The molecule has 7 heteroatoms. The summed E-state index contributed by atoms with van der Waals surface area (Å²) in [6.07, 6.45) is 3.40. The molecule has 0 fully saturated rings. The van der Waals surface area contributed by atoms with Crippen LogP contribution in [0, 0.1) is 5.82 Å². The molecule has 29 heavy (non-hydrogen) atoms. The van der Waals surface area contributed by atoms with Crippen LogP contribution in [-0.2, 0) is 0 Å². The Morgan fingerprint density at radius 1 is 0.966 bits per heavy atom. The van der Waals surface area contributed by atoms with Crippen LogP contribution in [0.3, 0.4) is 0 Å². The van der Waals surface area contributed by atoms with Crippen molar-refractivity contribution in [3.8, 4) is 34.0 Å². The van der Waals surface area contributed by atoms with Crippen molar-refractivity contribution in [2.45, 2.75) is 0 Å². The molecule has 2 aromatic carbocycles. The molecule has 2 heterocycles. The molecule has 146 valence electrons. The second kappa shape index (κ2) is 7.71. The fraction of sp³-hybridized carbons (Fsp3) is 0.136. The lowest BCUT2D eigenvalue weighted by Crippen LogP contribution is -2.01. The highest BCUT2D eigenvalue weighted by Crippen LogP contribution is 2.37. The summed E-state index contributed by atoms with van der Waals surface area (Å²) >= 11 is 0. The van der Waals surface area contributed by atoms with Crippen LogP contribution in [0.4, 0.5) is 10.2 Å². The molecule has 0 spiro atoms. The average Bonchev–Trinajstić information content (AvgIpc) is 2.78. The van der Waals surface area contributed by atoms with Crippen molar-refractivity contribution in [2.24, 2.45) is 0 Å². The average molecular weight is 390 g/mol. The highest BCUT2D eigenvalue weighted by molar-refractivity contribution is 5.97. The lowest BCUT2D eigenvalue weighted by molar-refractivity contribution is 0.411. The van der Waals surface area contributed by atoms with Crippen molar-refractivity contribution < 1.29 is 13.9 Å². The Bertz CT molecular complexity index is 1180. The molecule has 0 aliphatic rings. The summed E-state index contributed by atoms with van der Waals surface area (Å²) in [5.74, 6) is 1.74. The van der Waals surface area contributed by atoms with Gasteiger partial charge in [0.05, 0.1) is 14.2 Å². The fourth-order valence-corrected chi connectivity index (χ4v) is 3.18. The van der Waals surface area contributed by atoms with Gasteiger partial charge in [0.1, 0.15) is 28.7 Å². The molecule has 0 bridgehead atoms. The van der Waals surface area contributed by atoms with Crippen LogP contribution in [0.5, 0.6) is 11.5 Å². The Balaban J connectivity index is 1.95. The Morgan fingerprint density at radius 2 is 1.83 bits per heavy atom. The van der Waals surface area contributed by atoms with Gasteiger partial charge in [-0.25, -0.2) is 14.4 Å². The molecule has 0 radical (unpaired) electrons. The molecule has 0 amide bonds. The number of anilines is 1. The number of hydrogen-bond acceptors (Lipinski definition) is 6. The number of aromatic nitrogens is 3. The lowest BCUT2D eigenvalue weighted by atomic mass is 10.0. The molecule has 4 aromatic rings. The summed E-state index contributed by atoms with van der Waals surface area (Å²) in [4.78, 5) is 13.4. The van der Waals surface area contributed by atoms with Crippen LogP contribution in [0.1, 0.15) is 0 Å². The van der Waals surface area contributed by atoms with Gasteiger partial charge < -0.3 is 14.8 Å². The van der Waals surface area contributed by atoms with Gasteiger partial charge >= 0.3 is 0 Å². The lowest BCUT2D eigenvalue weighted by Gasteiger charge is -2.14. The number of pyridine rings is 1. The van der Waals surface area contributed by atoms with Gasteiger partial charge in [0, 0.05) is 42.0 Å². The van der Waals surface area contributed by atoms with E-state index in [0.717, 1.165) is 10.9 Å². The Kier molecular flexibility index (Phi) is 4.95. The number of fused-ring (bicyclic) bond motifs is 1. The van der Waals surface area contributed by atoms with Crippen LogP contribution < -0.4 is 14.8 Å². The van der Waals surface area contributed by atoms with E-state index in [1.54, 1.807) is 44.8 Å². The number of ether oxygens (including phenoxy) is 2. The molecular formula is C22H19FN4O2. The number of hydrogen-bond donors (Lipinski definition) is 1. The minimum Gasteiger partial charge on any atom is -0.497 e. The van der Waals surface area contributed by atoms with Gasteiger partial charge in [-0.1, -0.05) is 0 Å². The molecular weight excluding hydrogens is 371 g/mol. The van der Waals surface area contributed by atoms with E-state index in [1.165, 1.54) is 13.2 Å². The normalized spacial score (nSPS) is 10.8. The number of rotatable bonds is 5. The maximum atomic E-state index is 14.7. The van der Waals surface area contributed by atoms with Gasteiger partial charge in [0.15, 0.2) is 5.82 Å². The van der Waals surface area contributed by atoms with E-state index < -0.39 is 0 Å². The minimum absolute atomic E-state index is 0.385. The maximum absolute atomic E-state index is 14.7. The monoisotopic (exact) mass is 390 g/mol. The predicted octanol–water partition coefficient (Wildman–Crippen LogP) is 4.56. The second-order valence-electron chi connectivity index (χ2n) is 6.31. The molecule has 0 saturated carbocycles. The van der Waals surface area contributed by atoms with Crippen molar-refractivity contribution in [1.82, 2.24) is 15.0 Å². The maximum Gasteiger partial charge on any atom is 0.163 e. The number of halogens is 1. The predicted molar refractivity (Wildman–Crippen MR) is 111 cm³/mol. The SMILES string of the molecule is CNc1nc(-c2cccnc2)nc2c(OC)cc(-c3ccc(OC)cc3F)cc12. The zero-order valence-electron chi connectivity index (χ0n) is 16.2. The molecule has 0 unspecified atom stereocenters. The summed E-state index contributed by atoms with van der Waals surface area (Å²) in [5, 5.41) is 3.83. The topological polar surface area (TPSA) is 69.2 Å². The second-order valence-corrected chi connectivity index (χ2v) is 6.31. The largest absolute Gasteiger partial charge is 0.497 e. The van der Waals surface area contributed by atoms with Gasteiger partial charge in [0.25, 0.3) is 0 Å². The van der Waals surface area contributed by atoms with Crippen LogP contribution in [0.2, 0.25) is 0 Å². The fourth-order valence-electron chi connectivity index (χ4n) is 3.18. The summed E-state index contributed by atoms with van der Waals surface area (Å²) < 4.78 is 25.3. The molecule has 0 aliphatic heterocycles. The first-order valence-corrected chi connectivity index (χ1v) is 8.96. The van der Waals surface area contributed by atoms with E-state index in [9.17, 15) is 4.39 Å². The van der Waals surface area contributed by atoms with Crippen molar-refractivity contribution in [3.63, 3.8) is 0 Å². The number of methoxy groups -OCH3 is 2. The molecule has 0 aliphatic carbocycles. The molecule has 0 saturated heterocycles. The van der Waals surface area contributed by atoms with E-state index in [0.29, 0.717) is 39.8 Å². The Hall–Kier alpha value is -3.74. The van der Waals surface area contributed by atoms with Crippen LogP contribution in [0.15, 0.2) is 54.9 Å². The summed E-state index contributed by atoms with van der Waals surface area (Å²) in [6, 6.07) is 12.1. The van der Waals surface area contributed by atoms with Gasteiger partial charge in [-0.05, 0) is 42.0 Å². The van der Waals surface area contributed by atoms with E-state index in [2.05, 4.69) is 20.3 Å². The molecule has 4 rings (SSSR count). The first-order chi connectivity index (χ1) is 14.1. The van der Waals surface area contributed by atoms with E-state index in [1.807, 2.05) is 18.2 Å². The van der Waals surface area contributed by atoms with Crippen LogP contribution in [-0.4, -0.2) is 36.2 Å². The number of benzene rings is 2. The highest BCUT2D eigenvalue weighted by Gasteiger charge is 2.16. The van der Waals surface area contributed by atoms with Crippen molar-refractivity contribution in [1.29, 1.82) is 0 Å². The van der Waals surface area contributed by atoms with Gasteiger partial charge in [0.2, 0.25) is 0 Å². The zero-order chi connectivity index (χ0) is 20.4. The van der Waals surface area contributed by atoms with Crippen molar-refractivity contribution in [3.05, 3.63) is 60.7 Å². The van der Waals surface area contributed by atoms with Gasteiger partial charge in [-0.2, -0.15) is 0 Å². The molecule has 2 aromatic heterocycles. The third-order valence-corrected chi connectivity index (χ3v) is 4.63. The van der Waals surface area contributed by atoms with Crippen molar-refractivity contribution in [2.75, 3.05) is 26.6 Å². The molecule has 6 nitrogen and oxygen atoms in total. The first-order valence-electron chi connectivity index (χ1n) is 8.96. The number of nitrogens with one attached hydrogen (secondary N) is 1. The Morgan fingerprint density at radius 3 is 2.48 bits per heavy atom. The zero-order valence-corrected chi connectivity index (χ0v) is 16.2. The van der Waals surface area contributed by atoms with Crippen LogP contribution >= 0.6 is 0 Å². The standard InChI is InChI=1S/C22H19FN4O2/c1-24-22-17-9-14(16-7-6-15(28-2)11-18(16)23)10-19(29-3)20(17)26-21(27-22)13-5-4-8-25-12-13/h4-12H,1-3H3,(H,24,26,27).